The number of nitrogens with zero attached hydrogens (tertiary/aromatic N) is 6. The number of piperidine rings is 1. The number of nitriles is 1. The van der Waals surface area contributed by atoms with Gasteiger partial charge in [0.05, 0.1) is 23.9 Å². The van der Waals surface area contributed by atoms with E-state index in [0.717, 1.165) is 49.2 Å². The predicted octanol–water partition coefficient (Wildman–Crippen LogP) is 3.58. The molecule has 5 rings (SSSR count). The van der Waals surface area contributed by atoms with Crippen LogP contribution in [0, 0.1) is 38.0 Å². The largest absolute Gasteiger partial charge is 0.394 e. The molecule has 2 aliphatic heterocycles. The van der Waals surface area contributed by atoms with Crippen LogP contribution in [0.2, 0.25) is 0 Å². The molecule has 2 aliphatic rings. The maximum absolute atomic E-state index is 13.9. The average Bonchev–Trinajstić information content (AvgIpc) is 2.99. The number of carbonyl (C=O) groups is 2. The van der Waals surface area contributed by atoms with Crippen molar-refractivity contribution in [2.45, 2.75) is 46.1 Å². The minimum atomic E-state index is -0.598. The third kappa shape index (κ3) is 5.66. The van der Waals surface area contributed by atoms with E-state index in [-0.39, 0.29) is 31.5 Å². The number of aliphatic hydroxyl groups is 1. The first-order valence-electron chi connectivity index (χ1n) is 14.2. The standard InChI is InChI=1S/C32H36N6O3/c1-21-15-22(2)31(32(41)37-18-26(20-39)38(30(40)19-37)29-9-6-12-34-35-29)23(3)27(21)16-24-10-13-36(14-11-24)28-8-5-4-7-25(28)17-33/h4-9,12,15,24,26,39H,10-11,13-14,16,18-20H2,1-3H3/t26-/m0/s1. The molecule has 1 N–H and O–H groups in total. The van der Waals surface area contributed by atoms with Crippen LogP contribution in [0.5, 0.6) is 0 Å². The molecule has 2 aromatic carbocycles. The Bertz CT molecular complexity index is 1480. The first kappa shape index (κ1) is 28.2. The normalized spacial score (nSPS) is 18.0. The van der Waals surface area contributed by atoms with Crippen molar-refractivity contribution in [2.75, 3.05) is 42.6 Å². The number of aryl methyl sites for hydroxylation is 2. The molecule has 0 spiro atoms. The number of anilines is 2. The Morgan fingerprint density at radius 3 is 2.54 bits per heavy atom. The van der Waals surface area contributed by atoms with Crippen molar-refractivity contribution >= 4 is 23.3 Å². The van der Waals surface area contributed by atoms with Gasteiger partial charge in [-0.25, -0.2) is 0 Å². The average molecular weight is 553 g/mol. The number of amides is 2. The minimum Gasteiger partial charge on any atom is -0.394 e. The van der Waals surface area contributed by atoms with E-state index in [4.69, 9.17) is 0 Å². The van der Waals surface area contributed by atoms with Gasteiger partial charge in [-0.2, -0.15) is 10.4 Å². The number of benzene rings is 2. The second-order valence-corrected chi connectivity index (χ2v) is 11.1. The molecule has 1 aromatic heterocycles. The van der Waals surface area contributed by atoms with Gasteiger partial charge in [0.2, 0.25) is 5.91 Å². The van der Waals surface area contributed by atoms with Crippen molar-refractivity contribution in [1.82, 2.24) is 15.1 Å². The molecule has 2 amide bonds. The SMILES string of the molecule is Cc1cc(C)c(C(=O)N2CC(=O)N(c3cccnn3)[C@H](CO)C2)c(C)c1CC1CCN(c2ccccc2C#N)CC1. The molecule has 3 heterocycles. The summed E-state index contributed by atoms with van der Waals surface area (Å²) in [6.07, 6.45) is 4.42. The highest BCUT2D eigenvalue weighted by molar-refractivity contribution is 6.03. The highest BCUT2D eigenvalue weighted by Crippen LogP contribution is 2.32. The molecule has 0 aliphatic carbocycles. The topological polar surface area (TPSA) is 114 Å². The molecule has 1 atom stereocenters. The molecule has 0 unspecified atom stereocenters. The van der Waals surface area contributed by atoms with Crippen molar-refractivity contribution in [3.05, 3.63) is 82.0 Å². The zero-order valence-electron chi connectivity index (χ0n) is 23.9. The lowest BCUT2D eigenvalue weighted by Gasteiger charge is -2.39. The van der Waals surface area contributed by atoms with Gasteiger partial charge in [-0.3, -0.25) is 14.5 Å². The first-order chi connectivity index (χ1) is 19.8. The molecule has 212 valence electrons. The number of aromatic nitrogens is 2. The van der Waals surface area contributed by atoms with Crippen molar-refractivity contribution in [2.24, 2.45) is 5.92 Å². The van der Waals surface area contributed by atoms with Gasteiger partial charge < -0.3 is 14.9 Å². The minimum absolute atomic E-state index is 0.0867. The maximum atomic E-state index is 13.9. The second kappa shape index (κ2) is 12.1. The van der Waals surface area contributed by atoms with Gasteiger partial charge in [0.1, 0.15) is 12.6 Å². The van der Waals surface area contributed by atoms with Crippen molar-refractivity contribution < 1.29 is 14.7 Å². The Kier molecular flexibility index (Phi) is 8.31. The highest BCUT2D eigenvalue weighted by Gasteiger charge is 2.37. The van der Waals surface area contributed by atoms with E-state index in [2.05, 4.69) is 34.2 Å². The molecule has 0 saturated carbocycles. The molecule has 2 fully saturated rings. The molecule has 2 saturated heterocycles. The molecular weight excluding hydrogens is 516 g/mol. The van der Waals surface area contributed by atoms with Crippen molar-refractivity contribution in [3.8, 4) is 6.07 Å². The number of aliphatic hydroxyl groups excluding tert-OH is 1. The van der Waals surface area contributed by atoms with E-state index >= 15 is 0 Å². The van der Waals surface area contributed by atoms with Crippen molar-refractivity contribution in [3.63, 3.8) is 0 Å². The fourth-order valence-corrected chi connectivity index (χ4v) is 6.41. The van der Waals surface area contributed by atoms with Crippen LogP contribution in [0.25, 0.3) is 0 Å². The van der Waals surface area contributed by atoms with Gasteiger partial charge in [0, 0.05) is 31.4 Å². The van der Waals surface area contributed by atoms with E-state index in [1.165, 1.54) is 22.2 Å². The summed E-state index contributed by atoms with van der Waals surface area (Å²) in [4.78, 5) is 32.4. The van der Waals surface area contributed by atoms with Crippen LogP contribution in [0.4, 0.5) is 11.5 Å². The molecule has 41 heavy (non-hydrogen) atoms. The Morgan fingerprint density at radius 2 is 1.85 bits per heavy atom. The maximum Gasteiger partial charge on any atom is 0.254 e. The van der Waals surface area contributed by atoms with Gasteiger partial charge in [-0.05, 0) is 92.5 Å². The van der Waals surface area contributed by atoms with Gasteiger partial charge >= 0.3 is 0 Å². The summed E-state index contributed by atoms with van der Waals surface area (Å²) in [7, 11) is 0. The lowest BCUT2D eigenvalue weighted by Crippen LogP contribution is -2.59. The Hall–Kier alpha value is -4.29. The zero-order valence-corrected chi connectivity index (χ0v) is 23.9. The van der Waals surface area contributed by atoms with E-state index in [0.29, 0.717) is 22.9 Å². The lowest BCUT2D eigenvalue weighted by molar-refractivity contribution is -0.122. The monoisotopic (exact) mass is 552 g/mol. The van der Waals surface area contributed by atoms with Gasteiger partial charge in [0.25, 0.3) is 5.91 Å². The molecule has 3 aromatic rings. The summed E-state index contributed by atoms with van der Waals surface area (Å²) in [5, 5.41) is 27.5. The summed E-state index contributed by atoms with van der Waals surface area (Å²) < 4.78 is 0. The Morgan fingerprint density at radius 1 is 1.10 bits per heavy atom. The van der Waals surface area contributed by atoms with Crippen molar-refractivity contribution in [1.29, 1.82) is 5.26 Å². The number of rotatable bonds is 6. The molecule has 9 nitrogen and oxygen atoms in total. The highest BCUT2D eigenvalue weighted by atomic mass is 16.3. The van der Waals surface area contributed by atoms with Crippen LogP contribution in [0.3, 0.4) is 0 Å². The molecule has 0 radical (unpaired) electrons. The third-order valence-electron chi connectivity index (χ3n) is 8.51. The van der Waals surface area contributed by atoms with Crippen LogP contribution in [0.1, 0.15) is 51.0 Å². The smallest absolute Gasteiger partial charge is 0.254 e. The summed E-state index contributed by atoms with van der Waals surface area (Å²) in [6, 6.07) is 14.9. The predicted molar refractivity (Wildman–Crippen MR) is 157 cm³/mol. The molecule has 9 heteroatoms. The van der Waals surface area contributed by atoms with Crippen LogP contribution in [0.15, 0.2) is 48.7 Å². The zero-order chi connectivity index (χ0) is 29.1. The first-order valence-corrected chi connectivity index (χ1v) is 14.2. The fraction of sp³-hybridized carbons (Fsp3) is 0.406. The second-order valence-electron chi connectivity index (χ2n) is 11.1. The molecule has 0 bridgehead atoms. The van der Waals surface area contributed by atoms with Crippen LogP contribution in [-0.2, 0) is 11.2 Å². The van der Waals surface area contributed by atoms with Gasteiger partial charge in [-0.15, -0.1) is 5.10 Å². The van der Waals surface area contributed by atoms with E-state index in [9.17, 15) is 20.0 Å². The summed E-state index contributed by atoms with van der Waals surface area (Å²) in [5.41, 5.74) is 6.57. The fourth-order valence-electron chi connectivity index (χ4n) is 6.41. The lowest BCUT2D eigenvalue weighted by atomic mass is 9.83. The summed E-state index contributed by atoms with van der Waals surface area (Å²) in [6.45, 7) is 7.68. The van der Waals surface area contributed by atoms with Crippen LogP contribution < -0.4 is 9.80 Å². The van der Waals surface area contributed by atoms with E-state index < -0.39 is 6.04 Å². The van der Waals surface area contributed by atoms with Crippen LogP contribution >= 0.6 is 0 Å². The van der Waals surface area contributed by atoms with Gasteiger partial charge in [-0.1, -0.05) is 18.2 Å². The number of piperazine rings is 1. The number of hydrogen-bond acceptors (Lipinski definition) is 7. The summed E-state index contributed by atoms with van der Waals surface area (Å²) >= 11 is 0. The summed E-state index contributed by atoms with van der Waals surface area (Å²) in [5.74, 6) is 0.363. The van der Waals surface area contributed by atoms with Gasteiger partial charge in [0.15, 0.2) is 5.82 Å². The van der Waals surface area contributed by atoms with E-state index in [1.807, 2.05) is 38.1 Å². The van der Waals surface area contributed by atoms with Crippen LogP contribution in [-0.4, -0.2) is 70.8 Å². The number of hydrogen-bond donors (Lipinski definition) is 1. The van der Waals surface area contributed by atoms with E-state index in [1.54, 1.807) is 17.0 Å². The quantitative estimate of drug-likeness (QED) is 0.497. The third-order valence-corrected chi connectivity index (χ3v) is 8.51. The Labute approximate surface area is 241 Å². The molecular formula is C32H36N6O3. The number of para-hydroxylation sites is 1. The Balaban J connectivity index is 1.32. The number of carbonyl (C=O) groups excluding carboxylic acids is 2.